The van der Waals surface area contributed by atoms with Gasteiger partial charge in [-0.25, -0.2) is 0 Å². The number of benzene rings is 1. The number of hydrogen-bond donors (Lipinski definition) is 1. The van der Waals surface area contributed by atoms with Crippen molar-refractivity contribution >= 4 is 17.4 Å². The van der Waals surface area contributed by atoms with Crippen molar-refractivity contribution in [2.24, 2.45) is 0 Å². The van der Waals surface area contributed by atoms with Gasteiger partial charge in [0.2, 0.25) is 0 Å². The molecule has 0 bridgehead atoms. The summed E-state index contributed by atoms with van der Waals surface area (Å²) in [6, 6.07) is 3.41. The van der Waals surface area contributed by atoms with Crippen molar-refractivity contribution in [1.82, 2.24) is 0 Å². The number of phenolic OH excluding ortho intramolecular Hbond substituents is 1. The van der Waals surface area contributed by atoms with E-state index in [0.29, 0.717) is 17.9 Å². The fourth-order valence-electron chi connectivity index (χ4n) is 1.48. The van der Waals surface area contributed by atoms with Crippen molar-refractivity contribution < 1.29 is 9.90 Å². The molecule has 3 heteroatoms. The molecule has 0 atom stereocenters. The third-order valence-electron chi connectivity index (χ3n) is 2.26. The predicted molar refractivity (Wildman–Crippen MR) is 57.0 cm³/mol. The number of rotatable bonds is 3. The molecule has 1 aromatic rings. The Balaban J connectivity index is 3.34. The first-order valence-corrected chi connectivity index (χ1v) is 5.05. The Morgan fingerprint density at radius 3 is 2.57 bits per heavy atom. The van der Waals surface area contributed by atoms with E-state index < -0.39 is 0 Å². The summed E-state index contributed by atoms with van der Waals surface area (Å²) in [4.78, 5) is 11.1. The number of alkyl halides is 1. The Morgan fingerprint density at radius 1 is 1.50 bits per heavy atom. The van der Waals surface area contributed by atoms with Crippen molar-refractivity contribution in [3.05, 3.63) is 28.8 Å². The lowest BCUT2D eigenvalue weighted by Crippen LogP contribution is -1.98. The molecule has 2 nitrogen and oxygen atoms in total. The van der Waals surface area contributed by atoms with Crippen LogP contribution < -0.4 is 0 Å². The van der Waals surface area contributed by atoms with Crippen LogP contribution in [0.4, 0.5) is 0 Å². The van der Waals surface area contributed by atoms with Crippen LogP contribution in [0.25, 0.3) is 0 Å². The molecular weight excluding hydrogens is 200 g/mol. The van der Waals surface area contributed by atoms with Crippen LogP contribution in [-0.2, 0) is 12.3 Å². The van der Waals surface area contributed by atoms with Gasteiger partial charge in [0.15, 0.2) is 5.78 Å². The lowest BCUT2D eigenvalue weighted by atomic mass is 9.99. The number of aromatic hydroxyl groups is 1. The number of Topliss-reactive ketones (excluding diaryl/α,β-unsaturated/α-hetero) is 1. The summed E-state index contributed by atoms with van der Waals surface area (Å²) >= 11 is 5.72. The molecule has 0 spiro atoms. The van der Waals surface area contributed by atoms with Crippen molar-refractivity contribution in [3.8, 4) is 5.75 Å². The van der Waals surface area contributed by atoms with E-state index >= 15 is 0 Å². The van der Waals surface area contributed by atoms with E-state index in [0.717, 1.165) is 11.1 Å². The molecule has 0 radical (unpaired) electrons. The van der Waals surface area contributed by atoms with Crippen LogP contribution in [0.15, 0.2) is 12.1 Å². The van der Waals surface area contributed by atoms with Crippen LogP contribution >= 0.6 is 11.6 Å². The first-order chi connectivity index (χ1) is 6.61. The monoisotopic (exact) mass is 212 g/mol. The molecule has 0 aliphatic carbocycles. The second kappa shape index (κ2) is 4.47. The normalized spacial score (nSPS) is 10.2. The molecule has 0 aliphatic heterocycles. The van der Waals surface area contributed by atoms with Crippen molar-refractivity contribution in [1.29, 1.82) is 0 Å². The van der Waals surface area contributed by atoms with E-state index in [9.17, 15) is 9.90 Å². The predicted octanol–water partition coefficient (Wildman–Crippen LogP) is 2.90. The fraction of sp³-hybridized carbons (Fsp3) is 0.364. The zero-order valence-corrected chi connectivity index (χ0v) is 9.06. The average Bonchev–Trinajstić information content (AvgIpc) is 2.16. The molecule has 0 unspecified atom stereocenters. The lowest BCUT2D eigenvalue weighted by molar-refractivity contribution is 0.101. The Hall–Kier alpha value is -1.02. The standard InChI is InChI=1S/C11H13ClO2/c1-3-9-8(6-12)4-5-10(7(2)13)11(9)14/h4-5,14H,3,6H2,1-2H3. The van der Waals surface area contributed by atoms with Gasteiger partial charge < -0.3 is 5.11 Å². The third kappa shape index (κ3) is 1.90. The molecule has 76 valence electrons. The summed E-state index contributed by atoms with van der Waals surface area (Å²) in [7, 11) is 0. The van der Waals surface area contributed by atoms with Crippen molar-refractivity contribution in [3.63, 3.8) is 0 Å². The second-order valence-electron chi connectivity index (χ2n) is 3.14. The summed E-state index contributed by atoms with van der Waals surface area (Å²) in [5, 5.41) is 9.79. The van der Waals surface area contributed by atoms with Gasteiger partial charge in [-0.05, 0) is 30.5 Å². The highest BCUT2D eigenvalue weighted by molar-refractivity contribution is 6.17. The number of ketones is 1. The Kier molecular flexibility index (Phi) is 3.53. The molecule has 1 N–H and O–H groups in total. The SMILES string of the molecule is CCc1c(CCl)ccc(C(C)=O)c1O. The maximum absolute atomic E-state index is 11.1. The van der Waals surface area contributed by atoms with Gasteiger partial charge in [0, 0.05) is 5.88 Å². The maximum atomic E-state index is 11.1. The van der Waals surface area contributed by atoms with Crippen molar-refractivity contribution in [2.45, 2.75) is 26.1 Å². The molecule has 14 heavy (non-hydrogen) atoms. The second-order valence-corrected chi connectivity index (χ2v) is 3.41. The molecule has 0 saturated carbocycles. The third-order valence-corrected chi connectivity index (χ3v) is 2.54. The quantitative estimate of drug-likeness (QED) is 0.618. The van der Waals surface area contributed by atoms with Crippen molar-refractivity contribution in [2.75, 3.05) is 0 Å². The summed E-state index contributed by atoms with van der Waals surface area (Å²) in [5.41, 5.74) is 2.03. The molecule has 0 amide bonds. The van der Waals surface area contributed by atoms with Crippen LogP contribution in [0.2, 0.25) is 0 Å². The van der Waals surface area contributed by atoms with Crippen LogP contribution in [0, 0.1) is 0 Å². The zero-order chi connectivity index (χ0) is 10.7. The van der Waals surface area contributed by atoms with Crippen LogP contribution in [0.1, 0.15) is 35.3 Å². The molecule has 1 rings (SSSR count). The first-order valence-electron chi connectivity index (χ1n) is 4.52. The van der Waals surface area contributed by atoms with Gasteiger partial charge in [0.05, 0.1) is 5.56 Å². The van der Waals surface area contributed by atoms with E-state index in [1.54, 1.807) is 12.1 Å². The fourth-order valence-corrected chi connectivity index (χ4v) is 1.73. The van der Waals surface area contributed by atoms with Gasteiger partial charge in [-0.15, -0.1) is 11.6 Å². The van der Waals surface area contributed by atoms with E-state index in [1.165, 1.54) is 6.92 Å². The molecule has 0 heterocycles. The van der Waals surface area contributed by atoms with E-state index in [4.69, 9.17) is 11.6 Å². The molecular formula is C11H13ClO2. The van der Waals surface area contributed by atoms with Crippen LogP contribution in [0.5, 0.6) is 5.75 Å². The topological polar surface area (TPSA) is 37.3 Å². The molecule has 0 fully saturated rings. The number of carbonyl (C=O) groups is 1. The first kappa shape index (κ1) is 11.1. The smallest absolute Gasteiger partial charge is 0.163 e. The minimum absolute atomic E-state index is 0.0816. The minimum atomic E-state index is -0.127. The summed E-state index contributed by atoms with van der Waals surface area (Å²) in [5.74, 6) is 0.311. The zero-order valence-electron chi connectivity index (χ0n) is 8.30. The highest BCUT2D eigenvalue weighted by Crippen LogP contribution is 2.27. The molecule has 0 saturated heterocycles. The Morgan fingerprint density at radius 2 is 2.14 bits per heavy atom. The van der Waals surface area contributed by atoms with Gasteiger partial charge in [0.1, 0.15) is 5.75 Å². The largest absolute Gasteiger partial charge is 0.507 e. The van der Waals surface area contributed by atoms with Gasteiger partial charge >= 0.3 is 0 Å². The highest BCUT2D eigenvalue weighted by atomic mass is 35.5. The average molecular weight is 213 g/mol. The number of halogens is 1. The molecule has 0 aliphatic rings. The van der Waals surface area contributed by atoms with Gasteiger partial charge in [-0.1, -0.05) is 13.0 Å². The summed E-state index contributed by atoms with van der Waals surface area (Å²) in [6.07, 6.45) is 0.676. The lowest BCUT2D eigenvalue weighted by Gasteiger charge is -2.10. The number of carbonyl (C=O) groups excluding carboxylic acids is 1. The molecule has 0 aromatic heterocycles. The number of phenols is 1. The maximum Gasteiger partial charge on any atom is 0.163 e. The Labute approximate surface area is 88.5 Å². The summed E-state index contributed by atoms with van der Waals surface area (Å²) < 4.78 is 0. The highest BCUT2D eigenvalue weighted by Gasteiger charge is 2.12. The summed E-state index contributed by atoms with van der Waals surface area (Å²) in [6.45, 7) is 3.36. The van der Waals surface area contributed by atoms with Gasteiger partial charge in [-0.2, -0.15) is 0 Å². The number of hydrogen-bond acceptors (Lipinski definition) is 2. The van der Waals surface area contributed by atoms with Crippen LogP contribution in [0.3, 0.4) is 0 Å². The van der Waals surface area contributed by atoms with Crippen LogP contribution in [-0.4, -0.2) is 10.9 Å². The minimum Gasteiger partial charge on any atom is -0.507 e. The van der Waals surface area contributed by atoms with E-state index in [2.05, 4.69) is 0 Å². The molecule has 1 aromatic carbocycles. The van der Waals surface area contributed by atoms with Gasteiger partial charge in [0.25, 0.3) is 0 Å². The van der Waals surface area contributed by atoms with E-state index in [-0.39, 0.29) is 11.5 Å². The van der Waals surface area contributed by atoms with Gasteiger partial charge in [-0.3, -0.25) is 4.79 Å². The van der Waals surface area contributed by atoms with E-state index in [1.807, 2.05) is 6.92 Å². The Bertz CT molecular complexity index is 359.